The summed E-state index contributed by atoms with van der Waals surface area (Å²) >= 11 is 11.9. The maximum absolute atomic E-state index is 12.4. The van der Waals surface area contributed by atoms with Crippen molar-refractivity contribution in [1.82, 2.24) is 15.0 Å². The molecule has 0 fully saturated rings. The van der Waals surface area contributed by atoms with Crippen LogP contribution < -0.4 is 16.2 Å². The fraction of sp³-hybridized carbons (Fsp3) is 0.111. The van der Waals surface area contributed by atoms with Crippen molar-refractivity contribution < 1.29 is 0 Å². The smallest absolute Gasteiger partial charge is 0.276 e. The van der Waals surface area contributed by atoms with E-state index in [1.807, 2.05) is 24.3 Å². The van der Waals surface area contributed by atoms with Crippen LogP contribution in [-0.2, 0) is 13.1 Å². The van der Waals surface area contributed by atoms with Crippen LogP contribution in [0.3, 0.4) is 0 Å². The van der Waals surface area contributed by atoms with Crippen LogP contribution in [-0.4, -0.2) is 21.2 Å². The van der Waals surface area contributed by atoms with Gasteiger partial charge in [0.1, 0.15) is 11.4 Å². The van der Waals surface area contributed by atoms with Crippen LogP contribution in [0, 0.1) is 5.41 Å². The molecule has 0 spiro atoms. The highest BCUT2D eigenvalue weighted by Gasteiger charge is 2.10. The number of hydrogen-bond donors (Lipinski definition) is 4. The summed E-state index contributed by atoms with van der Waals surface area (Å²) in [5.41, 5.74) is 1.72. The summed E-state index contributed by atoms with van der Waals surface area (Å²) in [4.78, 5) is 23.5. The molecule has 0 bridgehead atoms. The number of rotatable bonds is 7. The van der Waals surface area contributed by atoms with Gasteiger partial charge in [-0.25, -0.2) is 4.98 Å². The highest BCUT2D eigenvalue weighted by atomic mass is 35.5. The second-order valence-corrected chi connectivity index (χ2v) is 6.41. The maximum Gasteiger partial charge on any atom is 0.276 e. The zero-order valence-corrected chi connectivity index (χ0v) is 15.6. The van der Waals surface area contributed by atoms with E-state index in [0.29, 0.717) is 23.1 Å². The van der Waals surface area contributed by atoms with E-state index in [1.165, 1.54) is 0 Å². The first-order chi connectivity index (χ1) is 13.1. The fourth-order valence-corrected chi connectivity index (χ4v) is 2.69. The highest BCUT2D eigenvalue weighted by molar-refractivity contribution is 6.42. The largest absolute Gasteiger partial charge is 0.373 e. The highest BCUT2D eigenvalue weighted by Crippen LogP contribution is 2.22. The van der Waals surface area contributed by atoms with Crippen molar-refractivity contribution in [3.63, 3.8) is 0 Å². The number of aromatic amines is 1. The number of benzene rings is 1. The van der Waals surface area contributed by atoms with E-state index < -0.39 is 0 Å². The molecule has 138 valence electrons. The van der Waals surface area contributed by atoms with Crippen molar-refractivity contribution in [2.75, 3.05) is 10.6 Å². The van der Waals surface area contributed by atoms with Crippen LogP contribution in [0.15, 0.2) is 47.4 Å². The Morgan fingerprint density at radius 1 is 1.11 bits per heavy atom. The van der Waals surface area contributed by atoms with Gasteiger partial charge in [-0.3, -0.25) is 14.8 Å². The lowest BCUT2D eigenvalue weighted by Crippen LogP contribution is -2.20. The molecular formula is C18H16Cl2N6O. The predicted molar refractivity (Wildman–Crippen MR) is 108 cm³/mol. The number of nitrogens with zero attached hydrogens (tertiary/aromatic N) is 2. The molecule has 3 rings (SSSR count). The number of anilines is 2. The lowest BCUT2D eigenvalue weighted by Gasteiger charge is -2.11. The summed E-state index contributed by atoms with van der Waals surface area (Å²) in [6.07, 6.45) is 2.70. The van der Waals surface area contributed by atoms with Gasteiger partial charge in [0.25, 0.3) is 5.56 Å². The van der Waals surface area contributed by atoms with Crippen LogP contribution in [0.2, 0.25) is 10.0 Å². The normalized spacial score (nSPS) is 10.4. The molecule has 9 heteroatoms. The van der Waals surface area contributed by atoms with Crippen LogP contribution in [0.5, 0.6) is 0 Å². The second kappa shape index (κ2) is 8.66. The Labute approximate surface area is 165 Å². The molecule has 7 nitrogen and oxygen atoms in total. The Balaban J connectivity index is 1.74. The van der Waals surface area contributed by atoms with Gasteiger partial charge in [0, 0.05) is 19.0 Å². The molecule has 0 atom stereocenters. The Morgan fingerprint density at radius 2 is 1.96 bits per heavy atom. The van der Waals surface area contributed by atoms with E-state index in [2.05, 4.69) is 25.6 Å². The molecule has 0 saturated heterocycles. The third kappa shape index (κ3) is 4.84. The minimum absolute atomic E-state index is 0.218. The van der Waals surface area contributed by atoms with E-state index >= 15 is 0 Å². The van der Waals surface area contributed by atoms with E-state index in [1.54, 1.807) is 18.3 Å². The summed E-state index contributed by atoms with van der Waals surface area (Å²) in [6, 6.07) is 10.8. The van der Waals surface area contributed by atoms with Gasteiger partial charge in [0.15, 0.2) is 0 Å². The number of H-pyrrole nitrogens is 1. The van der Waals surface area contributed by atoms with Gasteiger partial charge in [-0.1, -0.05) is 35.3 Å². The summed E-state index contributed by atoms with van der Waals surface area (Å²) in [7, 11) is 0. The van der Waals surface area contributed by atoms with E-state index in [4.69, 9.17) is 28.6 Å². The molecule has 0 aliphatic rings. The van der Waals surface area contributed by atoms with Gasteiger partial charge >= 0.3 is 0 Å². The van der Waals surface area contributed by atoms with Crippen LogP contribution in [0.25, 0.3) is 0 Å². The third-order valence-electron chi connectivity index (χ3n) is 3.70. The summed E-state index contributed by atoms with van der Waals surface area (Å²) in [5.74, 6) is 0.257. The first-order valence-corrected chi connectivity index (χ1v) is 8.79. The zero-order valence-electron chi connectivity index (χ0n) is 14.1. The summed E-state index contributed by atoms with van der Waals surface area (Å²) in [5, 5.41) is 14.5. The average Bonchev–Trinajstić information content (AvgIpc) is 2.68. The fourth-order valence-electron chi connectivity index (χ4n) is 2.37. The Morgan fingerprint density at radius 3 is 2.67 bits per heavy atom. The molecule has 0 aliphatic carbocycles. The van der Waals surface area contributed by atoms with E-state index in [9.17, 15) is 4.79 Å². The van der Waals surface area contributed by atoms with Crippen LogP contribution in [0.1, 0.15) is 17.0 Å². The van der Waals surface area contributed by atoms with E-state index in [-0.39, 0.29) is 22.9 Å². The van der Waals surface area contributed by atoms with Gasteiger partial charge in [0.2, 0.25) is 5.95 Å². The topological polar surface area (TPSA) is 107 Å². The molecule has 27 heavy (non-hydrogen) atoms. The lowest BCUT2D eigenvalue weighted by molar-refractivity contribution is 0.999. The van der Waals surface area contributed by atoms with Crippen molar-refractivity contribution in [2.24, 2.45) is 0 Å². The molecule has 0 aliphatic heterocycles. The van der Waals surface area contributed by atoms with Crippen molar-refractivity contribution in [3.8, 4) is 0 Å². The van der Waals surface area contributed by atoms with Crippen LogP contribution in [0.4, 0.5) is 11.6 Å². The molecule has 2 heterocycles. The predicted octanol–water partition coefficient (Wildman–Crippen LogP) is 3.69. The molecule has 0 amide bonds. The molecule has 4 N–H and O–H groups in total. The van der Waals surface area contributed by atoms with Crippen LogP contribution >= 0.6 is 23.2 Å². The second-order valence-electron chi connectivity index (χ2n) is 5.60. The molecular weight excluding hydrogens is 387 g/mol. The number of hydrogen-bond acceptors (Lipinski definition) is 6. The monoisotopic (exact) mass is 402 g/mol. The van der Waals surface area contributed by atoms with E-state index in [0.717, 1.165) is 17.5 Å². The number of aromatic nitrogens is 3. The van der Waals surface area contributed by atoms with Gasteiger partial charge in [0.05, 0.1) is 22.3 Å². The number of pyridine rings is 1. The quantitative estimate of drug-likeness (QED) is 0.450. The average molecular weight is 403 g/mol. The number of halogens is 2. The molecule has 0 unspecified atom stereocenters. The van der Waals surface area contributed by atoms with Gasteiger partial charge in [-0.05, 0) is 29.8 Å². The molecule has 0 saturated carbocycles. The standard InChI is InChI=1S/C18H16Cl2N6O/c19-13-5-4-11(7-14(13)20)9-24-18-25-15(8-21)16(17(27)26-18)23-10-12-3-1-2-6-22-12/h1-8,21,23H,9-10H2,(H2,24,25,26,27). The SMILES string of the molecule is N=Cc1nc(NCc2ccc(Cl)c(Cl)c2)[nH]c(=O)c1NCc1ccccn1. The first kappa shape index (κ1) is 18.9. The summed E-state index contributed by atoms with van der Waals surface area (Å²) in [6.45, 7) is 0.737. The Bertz CT molecular complexity index is 1010. The number of nitrogens with one attached hydrogen (secondary N) is 4. The van der Waals surface area contributed by atoms with Crippen molar-refractivity contribution in [1.29, 1.82) is 5.41 Å². The summed E-state index contributed by atoms with van der Waals surface area (Å²) < 4.78 is 0. The minimum Gasteiger partial charge on any atom is -0.373 e. The van der Waals surface area contributed by atoms with Gasteiger partial charge < -0.3 is 16.0 Å². The molecule has 3 aromatic rings. The Hall–Kier alpha value is -2.90. The Kier molecular flexibility index (Phi) is 6.05. The molecule has 0 radical (unpaired) electrons. The third-order valence-corrected chi connectivity index (χ3v) is 4.44. The van der Waals surface area contributed by atoms with Crippen molar-refractivity contribution in [3.05, 3.63) is 79.9 Å². The van der Waals surface area contributed by atoms with Crippen molar-refractivity contribution in [2.45, 2.75) is 13.1 Å². The van der Waals surface area contributed by atoms with Crippen molar-refractivity contribution >= 4 is 41.1 Å². The lowest BCUT2D eigenvalue weighted by atomic mass is 10.2. The molecule has 2 aromatic heterocycles. The minimum atomic E-state index is -0.379. The van der Waals surface area contributed by atoms with Gasteiger partial charge in [-0.2, -0.15) is 0 Å². The molecule has 1 aromatic carbocycles. The van der Waals surface area contributed by atoms with Gasteiger partial charge in [-0.15, -0.1) is 0 Å². The maximum atomic E-state index is 12.4. The first-order valence-electron chi connectivity index (χ1n) is 8.03. The zero-order chi connectivity index (χ0) is 19.2.